The molecule has 1 aromatic carbocycles. The maximum atomic E-state index is 11.3. The number of carbonyl (C=O) groups is 1. The lowest BCUT2D eigenvalue weighted by atomic mass is 10.1. The molecule has 1 aliphatic rings. The topological polar surface area (TPSA) is 53.0 Å². The van der Waals surface area contributed by atoms with Crippen LogP contribution >= 0.6 is 15.9 Å². The van der Waals surface area contributed by atoms with Gasteiger partial charge in [0, 0.05) is 39.6 Å². The average molecular weight is 357 g/mol. The number of nitrogens with zero attached hydrogens (tertiary/aromatic N) is 2. The van der Waals surface area contributed by atoms with Crippen LogP contribution in [0, 0.1) is 0 Å². The van der Waals surface area contributed by atoms with Crippen LogP contribution in [-0.2, 0) is 11.3 Å². The molecule has 1 aromatic rings. The number of piperazine rings is 1. The van der Waals surface area contributed by atoms with Crippen molar-refractivity contribution in [2.75, 3.05) is 32.8 Å². The molecule has 1 heterocycles. The minimum absolute atomic E-state index is 0.139. The molecule has 1 amide bonds. The summed E-state index contributed by atoms with van der Waals surface area (Å²) < 4.78 is 6.09. The minimum atomic E-state index is 0.139. The molecule has 0 bridgehead atoms. The molecular formula is C15H21BrN2O3. The highest BCUT2D eigenvalue weighted by Gasteiger charge is 2.19. The number of hydrogen-bond acceptors (Lipinski definition) is 4. The van der Waals surface area contributed by atoms with Gasteiger partial charge in [-0.05, 0) is 40.5 Å². The number of halogens is 1. The molecule has 5 nitrogen and oxygen atoms in total. The summed E-state index contributed by atoms with van der Waals surface area (Å²) in [5.74, 6) is 0.784. The van der Waals surface area contributed by atoms with E-state index < -0.39 is 0 Å². The van der Waals surface area contributed by atoms with Crippen LogP contribution in [0.2, 0.25) is 0 Å². The Morgan fingerprint density at radius 1 is 1.33 bits per heavy atom. The first-order valence-electron chi connectivity index (χ1n) is 7.13. The van der Waals surface area contributed by atoms with Gasteiger partial charge in [-0.1, -0.05) is 0 Å². The Labute approximate surface area is 133 Å². The number of phenolic OH excluding ortho intramolecular Hbond substituents is 1. The second-order valence-electron chi connectivity index (χ2n) is 5.14. The number of phenols is 1. The highest BCUT2D eigenvalue weighted by molar-refractivity contribution is 9.10. The van der Waals surface area contributed by atoms with Crippen LogP contribution in [0.15, 0.2) is 16.6 Å². The zero-order chi connectivity index (χ0) is 15.4. The predicted molar refractivity (Wildman–Crippen MR) is 84.5 cm³/mol. The number of ether oxygens (including phenoxy) is 1. The van der Waals surface area contributed by atoms with E-state index in [9.17, 15) is 9.90 Å². The van der Waals surface area contributed by atoms with E-state index in [0.717, 1.165) is 38.3 Å². The molecule has 2 rings (SSSR count). The van der Waals surface area contributed by atoms with Crippen molar-refractivity contribution in [3.63, 3.8) is 0 Å². The van der Waals surface area contributed by atoms with E-state index in [4.69, 9.17) is 4.74 Å². The van der Waals surface area contributed by atoms with Crippen molar-refractivity contribution in [3.8, 4) is 11.5 Å². The summed E-state index contributed by atoms with van der Waals surface area (Å²) >= 11 is 3.36. The summed E-state index contributed by atoms with van der Waals surface area (Å²) in [7, 11) is 0. The summed E-state index contributed by atoms with van der Waals surface area (Å²) in [6.45, 7) is 8.07. The maximum absolute atomic E-state index is 11.3. The third-order valence-corrected chi connectivity index (χ3v) is 4.22. The van der Waals surface area contributed by atoms with Crippen molar-refractivity contribution in [3.05, 3.63) is 22.2 Å². The van der Waals surface area contributed by atoms with Gasteiger partial charge in [-0.3, -0.25) is 9.69 Å². The van der Waals surface area contributed by atoms with Crippen molar-refractivity contribution in [2.24, 2.45) is 0 Å². The molecule has 0 saturated carbocycles. The number of carbonyl (C=O) groups excluding carboxylic acids is 1. The van der Waals surface area contributed by atoms with E-state index in [1.807, 2.05) is 24.0 Å². The Morgan fingerprint density at radius 3 is 2.57 bits per heavy atom. The molecular weight excluding hydrogens is 336 g/mol. The van der Waals surface area contributed by atoms with Gasteiger partial charge in [0.15, 0.2) is 11.5 Å². The molecule has 1 fully saturated rings. The first kappa shape index (κ1) is 16.1. The lowest BCUT2D eigenvalue weighted by Gasteiger charge is -2.34. The molecule has 1 N–H and O–H groups in total. The van der Waals surface area contributed by atoms with E-state index in [0.29, 0.717) is 16.8 Å². The normalized spacial score (nSPS) is 16.0. The Bertz CT molecular complexity index is 514. The van der Waals surface area contributed by atoms with Crippen LogP contribution in [0.1, 0.15) is 19.4 Å². The molecule has 0 radical (unpaired) electrons. The zero-order valence-corrected chi connectivity index (χ0v) is 14.0. The lowest BCUT2D eigenvalue weighted by Crippen LogP contribution is -2.47. The van der Waals surface area contributed by atoms with Crippen LogP contribution in [0.5, 0.6) is 11.5 Å². The van der Waals surface area contributed by atoms with Gasteiger partial charge in [0.05, 0.1) is 11.1 Å². The van der Waals surface area contributed by atoms with E-state index in [2.05, 4.69) is 20.8 Å². The van der Waals surface area contributed by atoms with E-state index in [1.165, 1.54) is 0 Å². The van der Waals surface area contributed by atoms with Gasteiger partial charge in [-0.2, -0.15) is 0 Å². The van der Waals surface area contributed by atoms with E-state index in [-0.39, 0.29) is 11.7 Å². The van der Waals surface area contributed by atoms with Gasteiger partial charge in [-0.15, -0.1) is 0 Å². The van der Waals surface area contributed by atoms with Crippen LogP contribution in [0.25, 0.3) is 0 Å². The first-order valence-corrected chi connectivity index (χ1v) is 7.92. The number of benzene rings is 1. The van der Waals surface area contributed by atoms with Crippen molar-refractivity contribution in [1.29, 1.82) is 0 Å². The van der Waals surface area contributed by atoms with Crippen LogP contribution in [-0.4, -0.2) is 53.6 Å². The molecule has 1 saturated heterocycles. The lowest BCUT2D eigenvalue weighted by molar-refractivity contribution is -0.130. The molecule has 1 aliphatic heterocycles. The summed E-state index contributed by atoms with van der Waals surface area (Å²) in [4.78, 5) is 15.5. The largest absolute Gasteiger partial charge is 0.503 e. The third-order valence-electron chi connectivity index (χ3n) is 3.61. The van der Waals surface area contributed by atoms with Crippen LogP contribution in [0.4, 0.5) is 0 Å². The van der Waals surface area contributed by atoms with Crippen molar-refractivity contribution in [2.45, 2.75) is 20.4 Å². The molecule has 0 atom stereocenters. The fourth-order valence-corrected chi connectivity index (χ4v) is 2.95. The van der Waals surface area contributed by atoms with Gasteiger partial charge in [-0.25, -0.2) is 0 Å². The molecule has 21 heavy (non-hydrogen) atoms. The van der Waals surface area contributed by atoms with E-state index in [1.54, 1.807) is 6.92 Å². The summed E-state index contributed by atoms with van der Waals surface area (Å²) in [6.07, 6.45) is 0. The highest BCUT2D eigenvalue weighted by atomic mass is 79.9. The van der Waals surface area contributed by atoms with Gasteiger partial charge in [0.2, 0.25) is 5.91 Å². The molecule has 0 unspecified atom stereocenters. The molecule has 116 valence electrons. The second kappa shape index (κ2) is 7.13. The highest BCUT2D eigenvalue weighted by Crippen LogP contribution is 2.35. The molecule has 0 aliphatic carbocycles. The van der Waals surface area contributed by atoms with Crippen molar-refractivity contribution in [1.82, 2.24) is 9.80 Å². The fourth-order valence-electron chi connectivity index (χ4n) is 2.46. The average Bonchev–Trinajstić information content (AvgIpc) is 2.45. The Balaban J connectivity index is 2.02. The molecule has 0 aromatic heterocycles. The SMILES string of the molecule is CCOc1cc(CN2CCN(C(C)=O)CC2)cc(Br)c1O. The Kier molecular flexibility index (Phi) is 5.47. The zero-order valence-electron chi connectivity index (χ0n) is 12.4. The third kappa shape index (κ3) is 4.11. The monoisotopic (exact) mass is 356 g/mol. The smallest absolute Gasteiger partial charge is 0.219 e. The number of rotatable bonds is 4. The summed E-state index contributed by atoms with van der Waals surface area (Å²) in [6, 6.07) is 3.79. The summed E-state index contributed by atoms with van der Waals surface area (Å²) in [5.41, 5.74) is 1.08. The number of amides is 1. The standard InChI is InChI=1S/C15H21BrN2O3/c1-3-21-14-9-12(8-13(16)15(14)20)10-17-4-6-18(7-5-17)11(2)19/h8-9,20H,3-7,10H2,1-2H3. The number of hydrogen-bond donors (Lipinski definition) is 1. The van der Waals surface area contributed by atoms with Crippen molar-refractivity contribution >= 4 is 21.8 Å². The van der Waals surface area contributed by atoms with Gasteiger partial charge in [0.1, 0.15) is 0 Å². The van der Waals surface area contributed by atoms with Crippen LogP contribution in [0.3, 0.4) is 0 Å². The predicted octanol–water partition coefficient (Wildman–Crippen LogP) is 2.22. The molecule has 0 spiro atoms. The van der Waals surface area contributed by atoms with Gasteiger partial charge < -0.3 is 14.7 Å². The van der Waals surface area contributed by atoms with Crippen molar-refractivity contribution < 1.29 is 14.6 Å². The summed E-state index contributed by atoms with van der Waals surface area (Å²) in [5, 5.41) is 9.93. The second-order valence-corrected chi connectivity index (χ2v) is 5.99. The molecule has 6 heteroatoms. The van der Waals surface area contributed by atoms with E-state index >= 15 is 0 Å². The Hall–Kier alpha value is -1.27. The quantitative estimate of drug-likeness (QED) is 0.898. The maximum Gasteiger partial charge on any atom is 0.219 e. The fraction of sp³-hybridized carbons (Fsp3) is 0.533. The van der Waals surface area contributed by atoms with Crippen LogP contribution < -0.4 is 4.74 Å². The van der Waals surface area contributed by atoms with Gasteiger partial charge in [0.25, 0.3) is 0 Å². The number of aromatic hydroxyl groups is 1. The minimum Gasteiger partial charge on any atom is -0.503 e. The first-order chi connectivity index (χ1) is 10.0. The Morgan fingerprint density at radius 2 is 2.00 bits per heavy atom. The van der Waals surface area contributed by atoms with Gasteiger partial charge >= 0.3 is 0 Å².